The van der Waals surface area contributed by atoms with Gasteiger partial charge in [0.05, 0.1) is 27.7 Å². The Morgan fingerprint density at radius 2 is 2.05 bits per heavy atom. The highest BCUT2D eigenvalue weighted by Gasteiger charge is 2.03. The van der Waals surface area contributed by atoms with Crippen LogP contribution in [-0.2, 0) is 4.74 Å². The van der Waals surface area contributed by atoms with Crippen molar-refractivity contribution in [3.8, 4) is 0 Å². The molecular weight excluding hydrogens is 391 g/mol. The van der Waals surface area contributed by atoms with Crippen LogP contribution in [0.1, 0.15) is 0 Å². The van der Waals surface area contributed by atoms with Gasteiger partial charge in [-0.3, -0.25) is 5.32 Å². The Morgan fingerprint density at radius 3 is 2.65 bits per heavy atom. The summed E-state index contributed by atoms with van der Waals surface area (Å²) in [6, 6.07) is 6.92. The standard InChI is InChI=1S/C14H19ClN2O2.HI/c1-17(2,3)9-4-5-10-19-14(18)16-13-8-6-7-12(15)11-13;/h4-8,11H,9-10H2,1-3H3;1H/b5-4+;. The van der Waals surface area contributed by atoms with Gasteiger partial charge >= 0.3 is 6.09 Å². The monoisotopic (exact) mass is 410 g/mol. The number of nitrogens with one attached hydrogen (secondary N) is 1. The first-order valence-electron chi connectivity index (χ1n) is 6.01. The van der Waals surface area contributed by atoms with E-state index in [-0.39, 0.29) is 30.6 Å². The number of benzene rings is 1. The van der Waals surface area contributed by atoms with Gasteiger partial charge in [-0.2, -0.15) is 0 Å². The van der Waals surface area contributed by atoms with Crippen LogP contribution in [0.25, 0.3) is 0 Å². The number of hydrogen-bond acceptors (Lipinski definition) is 2. The van der Waals surface area contributed by atoms with Crippen LogP contribution < -0.4 is 29.3 Å². The van der Waals surface area contributed by atoms with Crippen LogP contribution in [0.15, 0.2) is 36.4 Å². The zero-order valence-electron chi connectivity index (χ0n) is 11.9. The molecule has 0 heterocycles. The van der Waals surface area contributed by atoms with E-state index in [0.717, 1.165) is 11.0 Å². The van der Waals surface area contributed by atoms with E-state index in [1.165, 1.54) is 0 Å². The van der Waals surface area contributed by atoms with E-state index in [1.807, 2.05) is 12.2 Å². The molecule has 1 amide bonds. The van der Waals surface area contributed by atoms with Gasteiger partial charge in [-0.05, 0) is 30.4 Å². The minimum atomic E-state index is -0.489. The first kappa shape index (κ1) is 19.2. The van der Waals surface area contributed by atoms with E-state index in [4.69, 9.17) is 16.3 Å². The quantitative estimate of drug-likeness (QED) is 0.427. The minimum Gasteiger partial charge on any atom is -1.00 e. The van der Waals surface area contributed by atoms with Crippen molar-refractivity contribution in [1.29, 1.82) is 0 Å². The van der Waals surface area contributed by atoms with Gasteiger partial charge in [-0.15, -0.1) is 0 Å². The molecule has 1 aromatic rings. The molecule has 0 aliphatic heterocycles. The Labute approximate surface area is 142 Å². The van der Waals surface area contributed by atoms with Gasteiger partial charge in [-0.25, -0.2) is 4.79 Å². The molecule has 6 heteroatoms. The lowest BCUT2D eigenvalue weighted by molar-refractivity contribution is -0.864. The molecule has 0 aromatic heterocycles. The lowest BCUT2D eigenvalue weighted by atomic mass is 10.3. The molecular formula is C14H20ClIN2O2. The van der Waals surface area contributed by atoms with E-state index in [9.17, 15) is 4.79 Å². The molecule has 0 saturated carbocycles. The highest BCUT2D eigenvalue weighted by atomic mass is 127. The maximum absolute atomic E-state index is 11.5. The number of ether oxygens (including phenoxy) is 1. The minimum absolute atomic E-state index is 0. The SMILES string of the molecule is C[N+](C)(C)C/C=C/COC(=O)Nc1cccc(Cl)c1.[I-]. The average Bonchev–Trinajstić information content (AvgIpc) is 2.26. The van der Waals surface area contributed by atoms with Gasteiger partial charge < -0.3 is 33.2 Å². The summed E-state index contributed by atoms with van der Waals surface area (Å²) in [5.41, 5.74) is 0.618. The van der Waals surface area contributed by atoms with Crippen LogP contribution in [0.3, 0.4) is 0 Å². The van der Waals surface area contributed by atoms with Crippen LogP contribution >= 0.6 is 11.6 Å². The van der Waals surface area contributed by atoms with Crippen molar-refractivity contribution < 1.29 is 38.0 Å². The Bertz CT molecular complexity index is 459. The first-order valence-corrected chi connectivity index (χ1v) is 6.39. The molecule has 20 heavy (non-hydrogen) atoms. The molecule has 0 bridgehead atoms. The maximum Gasteiger partial charge on any atom is 0.411 e. The zero-order valence-corrected chi connectivity index (χ0v) is 14.8. The van der Waals surface area contributed by atoms with Crippen molar-refractivity contribution in [1.82, 2.24) is 0 Å². The summed E-state index contributed by atoms with van der Waals surface area (Å²) in [6.07, 6.45) is 3.34. The van der Waals surface area contributed by atoms with Crippen molar-refractivity contribution in [2.24, 2.45) is 0 Å². The van der Waals surface area contributed by atoms with Crippen molar-refractivity contribution in [2.75, 3.05) is 39.6 Å². The number of nitrogens with zero attached hydrogens (tertiary/aromatic N) is 1. The largest absolute Gasteiger partial charge is 1.00 e. The lowest BCUT2D eigenvalue weighted by Crippen LogP contribution is -3.00. The molecule has 0 fully saturated rings. The number of hydrogen-bond donors (Lipinski definition) is 1. The van der Waals surface area contributed by atoms with E-state index in [1.54, 1.807) is 24.3 Å². The molecule has 0 unspecified atom stereocenters. The molecule has 0 aliphatic carbocycles. The predicted molar refractivity (Wildman–Crippen MR) is 78.5 cm³/mol. The van der Waals surface area contributed by atoms with Crippen LogP contribution in [0, 0.1) is 0 Å². The number of carbonyl (C=O) groups excluding carboxylic acids is 1. The Hall–Kier alpha value is -0.790. The van der Waals surface area contributed by atoms with Gasteiger partial charge in [0.25, 0.3) is 0 Å². The predicted octanol–water partition coefficient (Wildman–Crippen LogP) is 0.155. The second-order valence-corrected chi connectivity index (χ2v) is 5.61. The van der Waals surface area contributed by atoms with Crippen LogP contribution in [0.5, 0.6) is 0 Å². The van der Waals surface area contributed by atoms with Crippen molar-refractivity contribution in [3.63, 3.8) is 0 Å². The summed E-state index contributed by atoms with van der Waals surface area (Å²) in [4.78, 5) is 11.5. The number of likely N-dealkylation sites (N-methyl/N-ethyl adjacent to an activating group) is 1. The fraction of sp³-hybridized carbons (Fsp3) is 0.357. The van der Waals surface area contributed by atoms with Gasteiger partial charge in [0, 0.05) is 10.7 Å². The third-order valence-electron chi connectivity index (χ3n) is 2.20. The van der Waals surface area contributed by atoms with Crippen LogP contribution in [0.2, 0.25) is 5.02 Å². The van der Waals surface area contributed by atoms with Crippen molar-refractivity contribution >= 4 is 23.4 Å². The molecule has 0 spiro atoms. The van der Waals surface area contributed by atoms with E-state index in [0.29, 0.717) is 10.7 Å². The van der Waals surface area contributed by atoms with Crippen molar-refractivity contribution in [3.05, 3.63) is 41.4 Å². The van der Waals surface area contributed by atoms with E-state index in [2.05, 4.69) is 26.5 Å². The third kappa shape index (κ3) is 9.17. The molecule has 1 aromatic carbocycles. The summed E-state index contributed by atoms with van der Waals surface area (Å²) in [7, 11) is 6.28. The summed E-state index contributed by atoms with van der Waals surface area (Å²) in [5.74, 6) is 0. The summed E-state index contributed by atoms with van der Waals surface area (Å²) in [5, 5.41) is 3.18. The van der Waals surface area contributed by atoms with Gasteiger partial charge in [-0.1, -0.05) is 17.7 Å². The molecule has 1 N–H and O–H groups in total. The van der Waals surface area contributed by atoms with Crippen molar-refractivity contribution in [2.45, 2.75) is 0 Å². The first-order chi connectivity index (χ1) is 8.87. The van der Waals surface area contributed by atoms with E-state index < -0.39 is 6.09 Å². The number of anilines is 1. The molecule has 0 atom stereocenters. The molecule has 4 nitrogen and oxygen atoms in total. The number of halogens is 2. The summed E-state index contributed by atoms with van der Waals surface area (Å²) in [6.45, 7) is 1.14. The topological polar surface area (TPSA) is 38.3 Å². The number of amides is 1. The molecule has 0 saturated heterocycles. The summed E-state index contributed by atoms with van der Waals surface area (Å²) >= 11 is 5.81. The molecule has 112 valence electrons. The van der Waals surface area contributed by atoms with E-state index >= 15 is 0 Å². The van der Waals surface area contributed by atoms with Crippen LogP contribution in [0.4, 0.5) is 10.5 Å². The Morgan fingerprint density at radius 1 is 1.35 bits per heavy atom. The molecule has 1 rings (SSSR count). The Balaban J connectivity index is 0.00000361. The number of quaternary nitrogens is 1. The lowest BCUT2D eigenvalue weighted by Gasteiger charge is -2.21. The Kier molecular flexibility index (Phi) is 8.84. The molecule has 0 radical (unpaired) electrons. The number of rotatable bonds is 5. The maximum atomic E-state index is 11.5. The van der Waals surface area contributed by atoms with Gasteiger partial charge in [0.2, 0.25) is 0 Å². The normalized spacial score (nSPS) is 11.0. The zero-order chi connectivity index (χ0) is 14.3. The summed E-state index contributed by atoms with van der Waals surface area (Å²) < 4.78 is 5.85. The second-order valence-electron chi connectivity index (χ2n) is 5.18. The highest BCUT2D eigenvalue weighted by molar-refractivity contribution is 6.30. The molecule has 0 aliphatic rings. The fourth-order valence-corrected chi connectivity index (χ4v) is 1.49. The third-order valence-corrected chi connectivity index (χ3v) is 2.44. The highest BCUT2D eigenvalue weighted by Crippen LogP contribution is 2.14. The second kappa shape index (κ2) is 9.20. The van der Waals surface area contributed by atoms with Gasteiger partial charge in [0.15, 0.2) is 0 Å². The average molecular weight is 411 g/mol. The number of carbonyl (C=O) groups is 1. The van der Waals surface area contributed by atoms with Crippen LogP contribution in [-0.4, -0.2) is 44.9 Å². The van der Waals surface area contributed by atoms with Gasteiger partial charge in [0.1, 0.15) is 6.61 Å². The fourth-order valence-electron chi connectivity index (χ4n) is 1.30. The smallest absolute Gasteiger partial charge is 0.411 e.